The summed E-state index contributed by atoms with van der Waals surface area (Å²) in [5.74, 6) is -0.671. The number of ketones is 1. The molecular weight excluding hydrogens is 276 g/mol. The van der Waals surface area contributed by atoms with E-state index in [4.69, 9.17) is 9.52 Å². The molecule has 1 unspecified atom stereocenters. The number of furan rings is 1. The zero-order valence-electron chi connectivity index (χ0n) is 11.8. The van der Waals surface area contributed by atoms with Crippen molar-refractivity contribution in [2.75, 3.05) is 13.1 Å². The molecule has 1 aromatic rings. The number of carboxylic acid groups (broad SMARTS) is 1. The molecule has 2 heterocycles. The third-order valence-electron chi connectivity index (χ3n) is 3.40. The number of aliphatic carboxylic acids is 1. The molecule has 1 aromatic heterocycles. The number of carbonyl (C=O) groups excluding carboxylic acids is 2. The predicted octanol–water partition coefficient (Wildman–Crippen LogP) is 0.647. The number of amides is 1. The van der Waals surface area contributed by atoms with Crippen LogP contribution in [0.15, 0.2) is 16.5 Å². The molecule has 0 saturated carbocycles. The first kappa shape index (κ1) is 15.2. The average Bonchev–Trinajstić information content (AvgIpc) is 2.90. The van der Waals surface area contributed by atoms with E-state index in [1.807, 2.05) is 0 Å². The molecule has 0 radical (unpaired) electrons. The second-order valence-corrected chi connectivity index (χ2v) is 5.11. The maximum atomic E-state index is 11.8. The van der Waals surface area contributed by atoms with E-state index in [1.54, 1.807) is 6.07 Å². The molecule has 21 heavy (non-hydrogen) atoms. The van der Waals surface area contributed by atoms with Gasteiger partial charge in [-0.2, -0.15) is 0 Å². The number of carbonyl (C=O) groups is 3. The van der Waals surface area contributed by atoms with Crippen LogP contribution in [0.5, 0.6) is 0 Å². The molecule has 1 aliphatic heterocycles. The maximum absolute atomic E-state index is 11.8. The Bertz CT molecular complexity index is 541. The summed E-state index contributed by atoms with van der Waals surface area (Å²) < 4.78 is 5.42. The average molecular weight is 294 g/mol. The van der Waals surface area contributed by atoms with E-state index in [2.05, 4.69) is 10.2 Å². The van der Waals surface area contributed by atoms with E-state index in [-0.39, 0.29) is 11.5 Å². The summed E-state index contributed by atoms with van der Waals surface area (Å²) in [6, 6.07) is 2.24. The minimum atomic E-state index is -1.10. The quantitative estimate of drug-likeness (QED) is 0.827. The van der Waals surface area contributed by atoms with Crippen molar-refractivity contribution in [3.05, 3.63) is 23.7 Å². The van der Waals surface area contributed by atoms with Gasteiger partial charge in [0.2, 0.25) is 0 Å². The molecule has 1 amide bonds. The highest BCUT2D eigenvalue weighted by Crippen LogP contribution is 2.14. The fraction of sp³-hybridized carbons (Fsp3) is 0.500. The number of likely N-dealkylation sites (tertiary alicyclic amines) is 1. The minimum Gasteiger partial charge on any atom is -0.480 e. The summed E-state index contributed by atoms with van der Waals surface area (Å²) in [5, 5.41) is 11.1. The minimum absolute atomic E-state index is 0.0891. The largest absolute Gasteiger partial charge is 0.480 e. The number of nitrogens with one attached hydrogen (secondary N) is 1. The van der Waals surface area contributed by atoms with Gasteiger partial charge in [-0.3, -0.25) is 19.3 Å². The van der Waals surface area contributed by atoms with Crippen LogP contribution in [0.2, 0.25) is 0 Å². The van der Waals surface area contributed by atoms with Crippen LogP contribution in [0.4, 0.5) is 0 Å². The highest BCUT2D eigenvalue weighted by Gasteiger charge is 2.20. The van der Waals surface area contributed by atoms with Crippen LogP contribution in [0.25, 0.3) is 0 Å². The van der Waals surface area contributed by atoms with Crippen molar-refractivity contribution in [3.63, 3.8) is 0 Å². The summed E-state index contributed by atoms with van der Waals surface area (Å²) in [5.41, 5.74) is 0. The molecule has 0 bridgehead atoms. The number of hydrogen-bond acceptors (Lipinski definition) is 5. The Kier molecular flexibility index (Phi) is 4.74. The molecule has 7 heteroatoms. The van der Waals surface area contributed by atoms with Crippen molar-refractivity contribution in [1.29, 1.82) is 0 Å². The highest BCUT2D eigenvalue weighted by atomic mass is 16.4. The molecular formula is C14H18N2O5. The monoisotopic (exact) mass is 294 g/mol. The highest BCUT2D eigenvalue weighted by molar-refractivity contribution is 5.94. The van der Waals surface area contributed by atoms with Gasteiger partial charge >= 0.3 is 5.97 Å². The van der Waals surface area contributed by atoms with Crippen LogP contribution in [0, 0.1) is 0 Å². The van der Waals surface area contributed by atoms with Crippen molar-refractivity contribution >= 4 is 17.7 Å². The Morgan fingerprint density at radius 3 is 2.67 bits per heavy atom. The number of rotatable bonds is 5. The third kappa shape index (κ3) is 4.16. The predicted molar refractivity (Wildman–Crippen MR) is 72.8 cm³/mol. The standard InChI is InChI=1S/C14H18N2O5/c1-9(14(19)20)15-13(18)12-3-2-11(21-12)8-16-6-4-10(17)5-7-16/h2-3,9H,4-8H2,1H3,(H,15,18)(H,19,20). The first-order valence-electron chi connectivity index (χ1n) is 6.82. The Morgan fingerprint density at radius 1 is 1.38 bits per heavy atom. The lowest BCUT2D eigenvalue weighted by molar-refractivity contribution is -0.138. The van der Waals surface area contributed by atoms with Crippen LogP contribution in [-0.4, -0.2) is 46.8 Å². The lowest BCUT2D eigenvalue weighted by Crippen LogP contribution is -2.38. The van der Waals surface area contributed by atoms with Crippen molar-refractivity contribution in [2.45, 2.75) is 32.4 Å². The van der Waals surface area contributed by atoms with E-state index < -0.39 is 17.9 Å². The Balaban J connectivity index is 1.90. The van der Waals surface area contributed by atoms with Crippen molar-refractivity contribution in [2.24, 2.45) is 0 Å². The van der Waals surface area contributed by atoms with Crippen LogP contribution in [-0.2, 0) is 16.1 Å². The van der Waals surface area contributed by atoms with E-state index in [1.165, 1.54) is 13.0 Å². The molecule has 114 valence electrons. The van der Waals surface area contributed by atoms with Crippen LogP contribution < -0.4 is 5.32 Å². The Labute approximate surface area is 121 Å². The van der Waals surface area contributed by atoms with E-state index in [0.29, 0.717) is 38.2 Å². The molecule has 2 N–H and O–H groups in total. The molecule has 7 nitrogen and oxygen atoms in total. The Morgan fingerprint density at radius 2 is 2.05 bits per heavy atom. The lowest BCUT2D eigenvalue weighted by Gasteiger charge is -2.24. The zero-order valence-corrected chi connectivity index (χ0v) is 11.8. The normalized spacial score (nSPS) is 17.5. The van der Waals surface area contributed by atoms with Gasteiger partial charge in [-0.1, -0.05) is 0 Å². The summed E-state index contributed by atoms with van der Waals surface area (Å²) >= 11 is 0. The second kappa shape index (κ2) is 6.53. The van der Waals surface area contributed by atoms with Gasteiger partial charge < -0.3 is 14.8 Å². The first-order valence-corrected chi connectivity index (χ1v) is 6.82. The van der Waals surface area contributed by atoms with Gasteiger partial charge in [0.1, 0.15) is 17.6 Å². The van der Waals surface area contributed by atoms with Gasteiger partial charge in [-0.15, -0.1) is 0 Å². The molecule has 0 aliphatic carbocycles. The molecule has 1 atom stereocenters. The molecule has 1 aliphatic rings. The van der Waals surface area contributed by atoms with Crippen molar-refractivity contribution < 1.29 is 23.9 Å². The zero-order chi connectivity index (χ0) is 15.4. The van der Waals surface area contributed by atoms with Gasteiger partial charge in [-0.25, -0.2) is 0 Å². The Hall–Kier alpha value is -2.15. The topological polar surface area (TPSA) is 99.9 Å². The van der Waals surface area contributed by atoms with Crippen LogP contribution >= 0.6 is 0 Å². The van der Waals surface area contributed by atoms with Crippen LogP contribution in [0.1, 0.15) is 36.1 Å². The number of nitrogens with zero attached hydrogens (tertiary/aromatic N) is 1. The first-order chi connectivity index (χ1) is 9.95. The van der Waals surface area contributed by atoms with Crippen molar-refractivity contribution in [3.8, 4) is 0 Å². The lowest BCUT2D eigenvalue weighted by atomic mass is 10.1. The molecule has 0 spiro atoms. The van der Waals surface area contributed by atoms with Gasteiger partial charge in [0, 0.05) is 25.9 Å². The fourth-order valence-corrected chi connectivity index (χ4v) is 2.10. The fourth-order valence-electron chi connectivity index (χ4n) is 2.10. The molecule has 2 rings (SSSR count). The van der Waals surface area contributed by atoms with E-state index in [9.17, 15) is 14.4 Å². The SMILES string of the molecule is CC(NC(=O)c1ccc(CN2CCC(=O)CC2)o1)C(=O)O. The number of hydrogen-bond donors (Lipinski definition) is 2. The number of piperidine rings is 1. The van der Waals surface area contributed by atoms with Gasteiger partial charge in [0.15, 0.2) is 5.76 Å². The second-order valence-electron chi connectivity index (χ2n) is 5.11. The third-order valence-corrected chi connectivity index (χ3v) is 3.40. The summed E-state index contributed by atoms with van der Waals surface area (Å²) in [6.07, 6.45) is 1.09. The van der Waals surface area contributed by atoms with Crippen molar-refractivity contribution in [1.82, 2.24) is 10.2 Å². The molecule has 0 aromatic carbocycles. The maximum Gasteiger partial charge on any atom is 0.325 e. The smallest absolute Gasteiger partial charge is 0.325 e. The van der Waals surface area contributed by atoms with Gasteiger partial charge in [0.05, 0.1) is 6.54 Å². The summed E-state index contributed by atoms with van der Waals surface area (Å²) in [4.78, 5) is 35.7. The summed E-state index contributed by atoms with van der Waals surface area (Å²) in [7, 11) is 0. The summed E-state index contributed by atoms with van der Waals surface area (Å²) in [6.45, 7) is 3.30. The van der Waals surface area contributed by atoms with Crippen LogP contribution in [0.3, 0.4) is 0 Å². The van der Waals surface area contributed by atoms with Gasteiger partial charge in [0.25, 0.3) is 5.91 Å². The molecule has 1 saturated heterocycles. The molecule has 1 fully saturated rings. The van der Waals surface area contributed by atoms with Gasteiger partial charge in [-0.05, 0) is 19.1 Å². The number of carboxylic acids is 1. The van der Waals surface area contributed by atoms with E-state index in [0.717, 1.165) is 0 Å². The number of Topliss-reactive ketones (excluding diaryl/α,β-unsaturated/α-hetero) is 1. The van der Waals surface area contributed by atoms with E-state index >= 15 is 0 Å².